The Morgan fingerprint density at radius 1 is 1.69 bits per heavy atom. The number of hydrogen-bond acceptors (Lipinski definition) is 2. The SMILES string of the molecule is [2H][I-]c1ccccc1C[C@H](N)C(=O)O. The fourth-order valence-electron chi connectivity index (χ4n) is 0.988. The molecule has 0 saturated heterocycles. The second-order valence-electron chi connectivity index (χ2n) is 2.74. The van der Waals surface area contributed by atoms with Crippen LogP contribution in [0.1, 0.15) is 5.56 Å². The van der Waals surface area contributed by atoms with Crippen LogP contribution in [-0.2, 0) is 11.2 Å². The number of halogens is 1. The molecule has 0 aliphatic carbocycles. The fourth-order valence-corrected chi connectivity index (χ4v) is 1.60. The Morgan fingerprint density at radius 3 is 3.00 bits per heavy atom. The van der Waals surface area contributed by atoms with Gasteiger partial charge in [-0.25, -0.2) is 0 Å². The van der Waals surface area contributed by atoms with Crippen molar-refractivity contribution in [1.29, 1.82) is 0.594 Å². The van der Waals surface area contributed by atoms with Gasteiger partial charge < -0.3 is 0 Å². The van der Waals surface area contributed by atoms with Crippen LogP contribution in [0.3, 0.4) is 0 Å². The average Bonchev–Trinajstić information content (AvgIpc) is 2.18. The summed E-state index contributed by atoms with van der Waals surface area (Å²) in [6, 6.07) is 6.54. The van der Waals surface area contributed by atoms with Crippen molar-refractivity contribution in [3.8, 4) is 0 Å². The van der Waals surface area contributed by atoms with Crippen LogP contribution in [0.5, 0.6) is 0 Å². The zero-order valence-corrected chi connectivity index (χ0v) is 9.06. The summed E-state index contributed by atoms with van der Waals surface area (Å²) in [5.41, 5.74) is 6.32. The molecule has 0 spiro atoms. The molecule has 1 aromatic rings. The summed E-state index contributed by atoms with van der Waals surface area (Å²) in [6.45, 7) is 0. The zero-order valence-electron chi connectivity index (χ0n) is 7.90. The van der Waals surface area contributed by atoms with Gasteiger partial charge in [0, 0.05) is 0 Å². The second-order valence-corrected chi connectivity index (χ2v) is 3.90. The number of aliphatic carboxylic acids is 1. The predicted molar refractivity (Wildman–Crippen MR) is 45.8 cm³/mol. The Kier molecular flexibility index (Phi) is 3.15. The molecule has 0 amide bonds. The maximum atomic E-state index is 10.5. The summed E-state index contributed by atoms with van der Waals surface area (Å²) in [7, 11) is 0. The van der Waals surface area contributed by atoms with E-state index in [0.29, 0.717) is 6.42 Å². The van der Waals surface area contributed by atoms with Gasteiger partial charge in [-0.2, -0.15) is 0 Å². The Labute approximate surface area is 90.5 Å². The molecule has 3 N–H and O–H groups in total. The monoisotopic (exact) mass is 293 g/mol. The molecule has 72 valence electrons. The summed E-state index contributed by atoms with van der Waals surface area (Å²) in [6.07, 6.45) is 0.310. The molecular weight excluding hydrogens is 281 g/mol. The van der Waals surface area contributed by atoms with Crippen LogP contribution in [0.4, 0.5) is 0 Å². The quantitative estimate of drug-likeness (QED) is 0.585. The molecule has 4 heteroatoms. The van der Waals surface area contributed by atoms with Gasteiger partial charge in [0.1, 0.15) is 0 Å². The first-order valence-corrected chi connectivity index (χ1v) is 4.91. The van der Waals surface area contributed by atoms with Gasteiger partial charge in [-0.15, -0.1) is 0 Å². The van der Waals surface area contributed by atoms with Gasteiger partial charge >= 0.3 is 90.5 Å². The Bertz CT molecular complexity index is 332. The summed E-state index contributed by atoms with van der Waals surface area (Å²) in [5, 5.41) is 8.64. The number of carboxylic acid groups (broad SMARTS) is 1. The van der Waals surface area contributed by atoms with Crippen LogP contribution < -0.4 is 28.1 Å². The van der Waals surface area contributed by atoms with Crippen molar-refractivity contribution in [3.63, 3.8) is 0 Å². The molecule has 13 heavy (non-hydrogen) atoms. The third kappa shape index (κ3) is 2.96. The molecule has 1 atom stereocenters. The van der Waals surface area contributed by atoms with Crippen LogP contribution in [-0.4, -0.2) is 17.7 Å². The summed E-state index contributed by atoms with van der Waals surface area (Å²) in [4.78, 5) is 10.5. The number of benzene rings is 1. The van der Waals surface area contributed by atoms with Crippen LogP contribution in [0.25, 0.3) is 0 Å². The molecule has 0 unspecified atom stereocenters. The number of carbonyl (C=O) groups is 1. The first kappa shape index (κ1) is 8.96. The first-order chi connectivity index (χ1) is 6.65. The van der Waals surface area contributed by atoms with Gasteiger partial charge in [0.05, 0.1) is 0 Å². The number of hydrogen-bond donors (Lipinski definition) is 2. The van der Waals surface area contributed by atoms with E-state index >= 15 is 0 Å². The number of nitrogens with two attached hydrogens (primary N) is 1. The molecular formula is C9H11INO2-. The van der Waals surface area contributed by atoms with Crippen LogP contribution in [0.15, 0.2) is 24.3 Å². The van der Waals surface area contributed by atoms with E-state index in [1.54, 1.807) is 0 Å². The third-order valence-corrected chi connectivity index (χ3v) is 2.77. The number of carboxylic acids is 1. The van der Waals surface area contributed by atoms with Gasteiger partial charge in [0.25, 0.3) is 0 Å². The molecule has 1 aromatic carbocycles. The fraction of sp³-hybridized carbons (Fsp3) is 0.222. The molecule has 0 aromatic heterocycles. The predicted octanol–water partition coefficient (Wildman–Crippen LogP) is -2.90. The van der Waals surface area contributed by atoms with Crippen molar-refractivity contribution in [2.45, 2.75) is 12.5 Å². The summed E-state index contributed by atoms with van der Waals surface area (Å²) >= 11 is -0.763. The Morgan fingerprint density at radius 2 is 2.38 bits per heavy atom. The minimum absolute atomic E-state index is 0.310. The minimum atomic E-state index is -0.997. The van der Waals surface area contributed by atoms with Gasteiger partial charge in [-0.05, 0) is 0 Å². The normalized spacial score (nSPS) is 13.8. The van der Waals surface area contributed by atoms with Gasteiger partial charge in [0.2, 0.25) is 0 Å². The molecule has 0 fully saturated rings. The Hall–Kier alpha value is -0.620. The Balaban J connectivity index is 2.80. The van der Waals surface area contributed by atoms with Gasteiger partial charge in [-0.3, -0.25) is 0 Å². The summed E-state index contributed by atoms with van der Waals surface area (Å²) < 4.78 is 8.31. The second kappa shape index (κ2) is 4.57. The maximum absolute atomic E-state index is 10.5. The van der Waals surface area contributed by atoms with Crippen molar-refractivity contribution in [1.82, 2.24) is 0 Å². The van der Waals surface area contributed by atoms with E-state index in [1.807, 2.05) is 24.3 Å². The van der Waals surface area contributed by atoms with E-state index in [9.17, 15) is 4.79 Å². The molecule has 0 aliphatic rings. The van der Waals surface area contributed by atoms with Crippen molar-refractivity contribution in [2.75, 3.05) is 0 Å². The standard InChI is InChI=1S/C9H11INO2/c10-7-4-2-1-3-6(7)5-8(11)9(12)13/h1-4,8,10H,5,11H2,(H,12,13)/q-1/t8-/m0/s1/i10D. The molecule has 0 aliphatic heterocycles. The topological polar surface area (TPSA) is 63.3 Å². The van der Waals surface area contributed by atoms with Crippen molar-refractivity contribution < 1.29 is 32.3 Å². The first-order valence-electron chi connectivity index (χ1n) is 4.21. The zero-order chi connectivity index (χ0) is 10.6. The summed E-state index contributed by atoms with van der Waals surface area (Å²) in [5.74, 6) is -0.997. The van der Waals surface area contributed by atoms with Crippen molar-refractivity contribution >= 4 is 5.97 Å². The van der Waals surface area contributed by atoms with Gasteiger partial charge in [-0.1, -0.05) is 0 Å². The molecule has 0 bridgehead atoms. The van der Waals surface area contributed by atoms with E-state index in [1.165, 1.54) is 0 Å². The molecule has 0 radical (unpaired) electrons. The molecule has 3 nitrogen and oxygen atoms in total. The van der Waals surface area contributed by atoms with E-state index in [2.05, 4.69) is 0 Å². The van der Waals surface area contributed by atoms with Crippen LogP contribution in [0.2, 0.25) is 0 Å². The van der Waals surface area contributed by atoms with Crippen LogP contribution >= 0.6 is 0 Å². The average molecular weight is 293 g/mol. The van der Waals surface area contributed by atoms with E-state index < -0.39 is 34.4 Å². The number of rotatable bonds is 4. The van der Waals surface area contributed by atoms with Crippen LogP contribution in [0, 0.1) is 3.57 Å². The molecule has 1 rings (SSSR count). The van der Waals surface area contributed by atoms with Gasteiger partial charge in [0.15, 0.2) is 0 Å². The van der Waals surface area contributed by atoms with E-state index in [0.717, 1.165) is 9.13 Å². The van der Waals surface area contributed by atoms with Crippen molar-refractivity contribution in [2.24, 2.45) is 5.73 Å². The molecule has 0 heterocycles. The van der Waals surface area contributed by atoms with E-state index in [4.69, 9.17) is 11.4 Å². The third-order valence-electron chi connectivity index (χ3n) is 1.71. The molecule has 0 saturated carbocycles. The van der Waals surface area contributed by atoms with Crippen molar-refractivity contribution in [3.05, 3.63) is 33.4 Å². The van der Waals surface area contributed by atoms with E-state index in [-0.39, 0.29) is 0 Å².